The SMILES string of the molecule is CC(Nc1nccn(C(C)C)c1=O)C(=O)N1CCCCC1. The summed E-state index contributed by atoms with van der Waals surface area (Å²) in [4.78, 5) is 30.6. The van der Waals surface area contributed by atoms with Crippen molar-refractivity contribution in [2.24, 2.45) is 0 Å². The molecule has 1 amide bonds. The number of rotatable bonds is 4. The van der Waals surface area contributed by atoms with E-state index in [1.165, 1.54) is 6.42 Å². The van der Waals surface area contributed by atoms with Gasteiger partial charge in [0.15, 0.2) is 5.82 Å². The molecule has 0 spiro atoms. The first-order chi connectivity index (χ1) is 10.0. The molecule has 1 saturated heterocycles. The minimum atomic E-state index is -0.439. The summed E-state index contributed by atoms with van der Waals surface area (Å²) in [5.74, 6) is 0.278. The zero-order valence-electron chi connectivity index (χ0n) is 13.0. The second-order valence-electron chi connectivity index (χ2n) is 5.83. The standard InChI is InChI=1S/C15H24N4O2/c1-11(2)19-10-7-16-13(15(19)21)17-12(3)14(20)18-8-5-4-6-9-18/h7,10-12H,4-6,8-9H2,1-3H3,(H,16,17). The second kappa shape index (κ2) is 6.74. The summed E-state index contributed by atoms with van der Waals surface area (Å²) in [6, 6.07) is -0.375. The van der Waals surface area contributed by atoms with E-state index >= 15 is 0 Å². The van der Waals surface area contributed by atoms with Crippen molar-refractivity contribution in [3.8, 4) is 0 Å². The predicted octanol–water partition coefficient (Wildman–Crippen LogP) is 1.64. The Hall–Kier alpha value is -1.85. The molecule has 1 unspecified atom stereocenters. The van der Waals surface area contributed by atoms with Gasteiger partial charge >= 0.3 is 0 Å². The molecule has 1 aromatic rings. The molecule has 0 aromatic carbocycles. The largest absolute Gasteiger partial charge is 0.354 e. The van der Waals surface area contributed by atoms with Crippen molar-refractivity contribution in [2.75, 3.05) is 18.4 Å². The van der Waals surface area contributed by atoms with Crippen LogP contribution in [0.25, 0.3) is 0 Å². The summed E-state index contributed by atoms with van der Waals surface area (Å²) in [5, 5.41) is 2.97. The summed E-state index contributed by atoms with van der Waals surface area (Å²) < 4.78 is 1.60. The Bertz CT molecular complexity index is 547. The van der Waals surface area contributed by atoms with Gasteiger partial charge in [0, 0.05) is 31.5 Å². The van der Waals surface area contributed by atoms with Crippen LogP contribution in [0.2, 0.25) is 0 Å². The summed E-state index contributed by atoms with van der Waals surface area (Å²) >= 11 is 0. The molecule has 116 valence electrons. The van der Waals surface area contributed by atoms with Gasteiger partial charge in [0.2, 0.25) is 5.91 Å². The topological polar surface area (TPSA) is 67.2 Å². The van der Waals surface area contributed by atoms with Crippen LogP contribution in [0.1, 0.15) is 46.1 Å². The monoisotopic (exact) mass is 292 g/mol. The molecule has 6 nitrogen and oxygen atoms in total. The zero-order chi connectivity index (χ0) is 15.4. The van der Waals surface area contributed by atoms with Gasteiger partial charge in [-0.2, -0.15) is 0 Å². The second-order valence-corrected chi connectivity index (χ2v) is 5.83. The third-order valence-electron chi connectivity index (χ3n) is 3.82. The molecule has 6 heteroatoms. The molecule has 1 atom stereocenters. The number of amides is 1. The Balaban J connectivity index is 2.08. The Kier molecular flexibility index (Phi) is 4.98. The molecular weight excluding hydrogens is 268 g/mol. The van der Waals surface area contributed by atoms with Crippen molar-refractivity contribution in [1.82, 2.24) is 14.5 Å². The van der Waals surface area contributed by atoms with E-state index in [1.54, 1.807) is 23.9 Å². The van der Waals surface area contributed by atoms with Gasteiger partial charge in [0.25, 0.3) is 5.56 Å². The first kappa shape index (κ1) is 15.5. The highest BCUT2D eigenvalue weighted by Gasteiger charge is 2.23. The Labute approximate surface area is 125 Å². The van der Waals surface area contributed by atoms with Crippen LogP contribution in [0.3, 0.4) is 0 Å². The molecule has 0 bridgehead atoms. The molecule has 2 heterocycles. The fourth-order valence-corrected chi connectivity index (χ4v) is 2.59. The van der Waals surface area contributed by atoms with Crippen LogP contribution in [0.15, 0.2) is 17.2 Å². The van der Waals surface area contributed by atoms with Crippen molar-refractivity contribution < 1.29 is 4.79 Å². The van der Waals surface area contributed by atoms with E-state index < -0.39 is 6.04 Å². The van der Waals surface area contributed by atoms with Crippen molar-refractivity contribution >= 4 is 11.7 Å². The van der Waals surface area contributed by atoms with Gasteiger partial charge in [-0.1, -0.05) is 0 Å². The highest BCUT2D eigenvalue weighted by Crippen LogP contribution is 2.11. The van der Waals surface area contributed by atoms with E-state index in [2.05, 4.69) is 10.3 Å². The number of carbonyl (C=O) groups is 1. The maximum Gasteiger partial charge on any atom is 0.293 e. The van der Waals surface area contributed by atoms with E-state index in [9.17, 15) is 9.59 Å². The number of aromatic nitrogens is 2. The number of hydrogen-bond donors (Lipinski definition) is 1. The molecule has 1 aliphatic heterocycles. The first-order valence-corrected chi connectivity index (χ1v) is 7.63. The lowest BCUT2D eigenvalue weighted by molar-refractivity contribution is -0.132. The molecule has 1 aromatic heterocycles. The third-order valence-corrected chi connectivity index (χ3v) is 3.82. The Morgan fingerprint density at radius 1 is 1.24 bits per heavy atom. The summed E-state index contributed by atoms with van der Waals surface area (Å²) in [5.41, 5.74) is -0.189. The van der Waals surface area contributed by atoms with Crippen LogP contribution < -0.4 is 10.9 Å². The normalized spacial score (nSPS) is 16.9. The molecular formula is C15H24N4O2. The van der Waals surface area contributed by atoms with Gasteiger partial charge in [-0.25, -0.2) is 4.98 Å². The maximum absolute atomic E-state index is 12.4. The Morgan fingerprint density at radius 3 is 2.52 bits per heavy atom. The van der Waals surface area contributed by atoms with Gasteiger partial charge in [0.1, 0.15) is 6.04 Å². The van der Waals surface area contributed by atoms with Gasteiger partial charge in [-0.05, 0) is 40.0 Å². The highest BCUT2D eigenvalue weighted by atomic mass is 16.2. The Morgan fingerprint density at radius 2 is 1.90 bits per heavy atom. The quantitative estimate of drug-likeness (QED) is 0.916. The fourth-order valence-electron chi connectivity index (χ4n) is 2.59. The summed E-state index contributed by atoms with van der Waals surface area (Å²) in [7, 11) is 0. The lowest BCUT2D eigenvalue weighted by Crippen LogP contribution is -2.44. The third kappa shape index (κ3) is 3.62. The molecule has 2 rings (SSSR count). The predicted molar refractivity (Wildman–Crippen MR) is 82.4 cm³/mol. The van der Waals surface area contributed by atoms with Gasteiger partial charge in [-0.3, -0.25) is 9.59 Å². The van der Waals surface area contributed by atoms with Crippen LogP contribution in [0, 0.1) is 0 Å². The van der Waals surface area contributed by atoms with Crippen LogP contribution in [0.4, 0.5) is 5.82 Å². The van der Waals surface area contributed by atoms with Gasteiger partial charge < -0.3 is 14.8 Å². The van der Waals surface area contributed by atoms with E-state index in [4.69, 9.17) is 0 Å². The number of carbonyl (C=O) groups excluding carboxylic acids is 1. The fraction of sp³-hybridized carbons (Fsp3) is 0.667. The summed E-state index contributed by atoms with van der Waals surface area (Å²) in [6.45, 7) is 7.28. The van der Waals surface area contributed by atoms with Gasteiger partial charge in [0.05, 0.1) is 0 Å². The lowest BCUT2D eigenvalue weighted by atomic mass is 10.1. The molecule has 0 aliphatic carbocycles. The van der Waals surface area contributed by atoms with Crippen LogP contribution in [0.5, 0.6) is 0 Å². The lowest BCUT2D eigenvalue weighted by Gasteiger charge is -2.29. The highest BCUT2D eigenvalue weighted by molar-refractivity contribution is 5.84. The minimum Gasteiger partial charge on any atom is -0.354 e. The number of piperidine rings is 1. The summed E-state index contributed by atoms with van der Waals surface area (Å²) in [6.07, 6.45) is 6.55. The molecule has 1 N–H and O–H groups in total. The van der Waals surface area contributed by atoms with E-state index in [1.807, 2.05) is 18.7 Å². The maximum atomic E-state index is 12.4. The smallest absolute Gasteiger partial charge is 0.293 e. The van der Waals surface area contributed by atoms with Crippen molar-refractivity contribution in [3.05, 3.63) is 22.7 Å². The zero-order valence-corrected chi connectivity index (χ0v) is 13.0. The van der Waals surface area contributed by atoms with Crippen molar-refractivity contribution in [1.29, 1.82) is 0 Å². The van der Waals surface area contributed by atoms with E-state index in [0.717, 1.165) is 25.9 Å². The van der Waals surface area contributed by atoms with Gasteiger partial charge in [-0.15, -0.1) is 0 Å². The number of nitrogens with one attached hydrogen (secondary N) is 1. The average Bonchev–Trinajstić information content (AvgIpc) is 2.49. The molecule has 1 fully saturated rings. The minimum absolute atomic E-state index is 0.0378. The van der Waals surface area contributed by atoms with Crippen LogP contribution in [-0.4, -0.2) is 39.5 Å². The van der Waals surface area contributed by atoms with Crippen molar-refractivity contribution in [3.63, 3.8) is 0 Å². The number of likely N-dealkylation sites (tertiary alicyclic amines) is 1. The van der Waals surface area contributed by atoms with E-state index in [0.29, 0.717) is 0 Å². The molecule has 0 radical (unpaired) electrons. The first-order valence-electron chi connectivity index (χ1n) is 7.63. The molecule has 21 heavy (non-hydrogen) atoms. The van der Waals surface area contributed by atoms with Crippen molar-refractivity contribution in [2.45, 2.75) is 52.1 Å². The van der Waals surface area contributed by atoms with Crippen LogP contribution in [-0.2, 0) is 4.79 Å². The number of nitrogens with zero attached hydrogens (tertiary/aromatic N) is 3. The number of anilines is 1. The molecule has 0 saturated carbocycles. The molecule has 1 aliphatic rings. The van der Waals surface area contributed by atoms with Crippen LogP contribution >= 0.6 is 0 Å². The average molecular weight is 292 g/mol. The van der Waals surface area contributed by atoms with E-state index in [-0.39, 0.29) is 23.3 Å². The number of hydrogen-bond acceptors (Lipinski definition) is 4.